The van der Waals surface area contributed by atoms with E-state index in [9.17, 15) is 13.2 Å². The van der Waals surface area contributed by atoms with Gasteiger partial charge in [-0.05, 0) is 43.0 Å². The Hall–Kier alpha value is -2.50. The van der Waals surface area contributed by atoms with Crippen LogP contribution in [0, 0.1) is 11.6 Å². The predicted octanol–water partition coefficient (Wildman–Crippen LogP) is 3.65. The summed E-state index contributed by atoms with van der Waals surface area (Å²) in [5.41, 5.74) is 5.58. The standard InChI is InChI=1S/C19H19F3N2O/c1-19(17(22)11-25-18(23)24-19)14-10-12(7-9-16(14)21)6-8-13-4-2-3-5-15(13)20/h2-5,7,9-10,17H,6,8,11H2,1H3,(H2,23,24)/t17-,19+/m0/s1. The summed E-state index contributed by atoms with van der Waals surface area (Å²) in [6.45, 7) is 1.22. The maximum atomic E-state index is 14.4. The quantitative estimate of drug-likeness (QED) is 0.917. The Bertz CT molecular complexity index is 809. The number of hydrogen-bond acceptors (Lipinski definition) is 3. The molecule has 1 heterocycles. The molecule has 2 N–H and O–H groups in total. The first-order valence-corrected chi connectivity index (χ1v) is 8.04. The van der Waals surface area contributed by atoms with Crippen LogP contribution in [0.4, 0.5) is 13.2 Å². The largest absolute Gasteiger partial charge is 0.462 e. The Labute approximate surface area is 144 Å². The number of halogens is 3. The molecule has 6 heteroatoms. The summed E-state index contributed by atoms with van der Waals surface area (Å²) in [5, 5.41) is 0. The summed E-state index contributed by atoms with van der Waals surface area (Å²) in [7, 11) is 0. The average Bonchev–Trinajstić information content (AvgIpc) is 2.59. The van der Waals surface area contributed by atoms with Crippen molar-refractivity contribution in [2.45, 2.75) is 31.5 Å². The van der Waals surface area contributed by atoms with Gasteiger partial charge in [0.05, 0.1) is 0 Å². The molecular formula is C19H19F3N2O. The third-order valence-corrected chi connectivity index (χ3v) is 4.55. The van der Waals surface area contributed by atoms with E-state index in [4.69, 9.17) is 10.5 Å². The van der Waals surface area contributed by atoms with Crippen molar-refractivity contribution in [2.75, 3.05) is 6.61 Å². The van der Waals surface area contributed by atoms with Gasteiger partial charge in [0.15, 0.2) is 6.17 Å². The molecule has 0 unspecified atom stereocenters. The maximum absolute atomic E-state index is 14.4. The summed E-state index contributed by atoms with van der Waals surface area (Å²) >= 11 is 0. The van der Waals surface area contributed by atoms with Crippen LogP contribution in [0.25, 0.3) is 0 Å². The molecule has 0 amide bonds. The number of benzene rings is 2. The summed E-state index contributed by atoms with van der Waals surface area (Å²) in [6, 6.07) is 10.8. The Kier molecular flexibility index (Phi) is 4.70. The fourth-order valence-electron chi connectivity index (χ4n) is 2.98. The number of nitrogens with zero attached hydrogens (tertiary/aromatic N) is 1. The van der Waals surface area contributed by atoms with Gasteiger partial charge >= 0.3 is 0 Å². The molecule has 132 valence electrons. The Morgan fingerprint density at radius 3 is 2.68 bits per heavy atom. The van der Waals surface area contributed by atoms with Crippen LogP contribution in [0.1, 0.15) is 23.6 Å². The number of nitrogens with two attached hydrogens (primary N) is 1. The van der Waals surface area contributed by atoms with Crippen LogP contribution in [0.3, 0.4) is 0 Å². The predicted molar refractivity (Wildman–Crippen MR) is 90.0 cm³/mol. The second-order valence-corrected chi connectivity index (χ2v) is 6.28. The van der Waals surface area contributed by atoms with Crippen LogP contribution >= 0.6 is 0 Å². The number of aliphatic imine (C=N–C) groups is 1. The highest BCUT2D eigenvalue weighted by atomic mass is 19.1. The van der Waals surface area contributed by atoms with Gasteiger partial charge in [-0.3, -0.25) is 0 Å². The summed E-state index contributed by atoms with van der Waals surface area (Å²) in [4.78, 5) is 4.00. The van der Waals surface area contributed by atoms with Crippen molar-refractivity contribution in [1.29, 1.82) is 0 Å². The third kappa shape index (κ3) is 3.48. The second kappa shape index (κ2) is 6.78. The van der Waals surface area contributed by atoms with Crippen LogP contribution < -0.4 is 5.73 Å². The van der Waals surface area contributed by atoms with Crippen LogP contribution in [0.2, 0.25) is 0 Å². The number of amidine groups is 1. The van der Waals surface area contributed by atoms with Crippen LogP contribution in [0.5, 0.6) is 0 Å². The Balaban J connectivity index is 1.88. The zero-order valence-electron chi connectivity index (χ0n) is 13.8. The molecule has 2 aromatic rings. The zero-order valence-corrected chi connectivity index (χ0v) is 13.8. The van der Waals surface area contributed by atoms with E-state index in [1.807, 2.05) is 0 Å². The molecule has 3 rings (SSSR count). The molecule has 0 bridgehead atoms. The molecular weight excluding hydrogens is 329 g/mol. The van der Waals surface area contributed by atoms with Crippen LogP contribution in [0.15, 0.2) is 47.5 Å². The van der Waals surface area contributed by atoms with E-state index >= 15 is 0 Å². The molecule has 0 saturated heterocycles. The van der Waals surface area contributed by atoms with Gasteiger partial charge < -0.3 is 10.5 Å². The minimum atomic E-state index is -1.52. The molecule has 25 heavy (non-hydrogen) atoms. The van der Waals surface area contributed by atoms with Gasteiger partial charge in [-0.2, -0.15) is 0 Å². The van der Waals surface area contributed by atoms with Crippen molar-refractivity contribution < 1.29 is 17.9 Å². The molecule has 2 atom stereocenters. The fraction of sp³-hybridized carbons (Fsp3) is 0.316. The van der Waals surface area contributed by atoms with Crippen molar-refractivity contribution in [3.05, 3.63) is 70.8 Å². The monoisotopic (exact) mass is 348 g/mol. The highest BCUT2D eigenvalue weighted by Gasteiger charge is 2.42. The molecule has 0 aliphatic carbocycles. The van der Waals surface area contributed by atoms with E-state index in [1.165, 1.54) is 19.1 Å². The van der Waals surface area contributed by atoms with E-state index in [2.05, 4.69) is 4.99 Å². The molecule has 1 aliphatic heterocycles. The normalized spacial score (nSPS) is 23.0. The van der Waals surface area contributed by atoms with Crippen molar-refractivity contribution in [3.63, 3.8) is 0 Å². The molecule has 3 nitrogen and oxygen atoms in total. The number of hydrogen-bond donors (Lipinski definition) is 1. The van der Waals surface area contributed by atoms with Gasteiger partial charge in [0.25, 0.3) is 6.02 Å². The Morgan fingerprint density at radius 2 is 1.92 bits per heavy atom. The number of rotatable bonds is 4. The third-order valence-electron chi connectivity index (χ3n) is 4.55. The average molecular weight is 348 g/mol. The van der Waals surface area contributed by atoms with Gasteiger partial charge in [0.2, 0.25) is 0 Å². The summed E-state index contributed by atoms with van der Waals surface area (Å²) in [6.07, 6.45) is -0.560. The van der Waals surface area contributed by atoms with Gasteiger partial charge in [-0.15, -0.1) is 0 Å². The van der Waals surface area contributed by atoms with Gasteiger partial charge in [0, 0.05) is 5.56 Å². The molecule has 0 saturated carbocycles. The fourth-order valence-corrected chi connectivity index (χ4v) is 2.98. The first-order chi connectivity index (χ1) is 11.9. The van der Waals surface area contributed by atoms with Crippen LogP contribution in [-0.2, 0) is 23.1 Å². The van der Waals surface area contributed by atoms with Gasteiger partial charge in [0.1, 0.15) is 23.8 Å². The first-order valence-electron chi connectivity index (χ1n) is 8.04. The van der Waals surface area contributed by atoms with Crippen LogP contribution in [-0.4, -0.2) is 18.8 Å². The van der Waals surface area contributed by atoms with Gasteiger partial charge in [-0.25, -0.2) is 18.2 Å². The highest BCUT2D eigenvalue weighted by molar-refractivity contribution is 5.73. The number of alkyl halides is 1. The number of ether oxygens (including phenoxy) is 1. The zero-order chi connectivity index (χ0) is 18.0. The molecule has 1 aliphatic rings. The maximum Gasteiger partial charge on any atom is 0.283 e. The molecule has 0 aromatic heterocycles. The Morgan fingerprint density at radius 1 is 1.16 bits per heavy atom. The minimum absolute atomic E-state index is 0.122. The summed E-state index contributed by atoms with van der Waals surface area (Å²) < 4.78 is 47.4. The second-order valence-electron chi connectivity index (χ2n) is 6.28. The van der Waals surface area contributed by atoms with E-state index in [1.54, 1.807) is 30.3 Å². The SMILES string of the molecule is C[C@]1(c2cc(CCc3ccccc3F)ccc2F)N=C(N)OC[C@@H]1F. The first kappa shape index (κ1) is 17.3. The topological polar surface area (TPSA) is 47.6 Å². The van der Waals surface area contributed by atoms with Gasteiger partial charge in [-0.1, -0.05) is 30.3 Å². The lowest BCUT2D eigenvalue weighted by atomic mass is 9.85. The lowest BCUT2D eigenvalue weighted by Crippen LogP contribution is -2.43. The van der Waals surface area contributed by atoms with Crippen molar-refractivity contribution >= 4 is 6.02 Å². The minimum Gasteiger partial charge on any atom is -0.462 e. The van der Waals surface area contributed by atoms with E-state index in [0.29, 0.717) is 18.4 Å². The molecule has 0 spiro atoms. The van der Waals surface area contributed by atoms with E-state index in [-0.39, 0.29) is 24.0 Å². The lowest BCUT2D eigenvalue weighted by molar-refractivity contribution is 0.0923. The smallest absolute Gasteiger partial charge is 0.283 e. The molecule has 2 aromatic carbocycles. The van der Waals surface area contributed by atoms with E-state index in [0.717, 1.165) is 5.56 Å². The molecule has 0 radical (unpaired) electrons. The van der Waals surface area contributed by atoms with Crippen molar-refractivity contribution in [1.82, 2.24) is 0 Å². The summed E-state index contributed by atoms with van der Waals surface area (Å²) in [5.74, 6) is -0.833. The highest BCUT2D eigenvalue weighted by Crippen LogP contribution is 2.36. The van der Waals surface area contributed by atoms with Crippen molar-refractivity contribution in [3.8, 4) is 0 Å². The van der Waals surface area contributed by atoms with Crippen molar-refractivity contribution in [2.24, 2.45) is 10.7 Å². The number of aryl methyl sites for hydroxylation is 2. The van der Waals surface area contributed by atoms with E-state index < -0.39 is 17.5 Å². The lowest BCUT2D eigenvalue weighted by Gasteiger charge is -2.33. The molecule has 0 fully saturated rings.